The van der Waals surface area contributed by atoms with Crippen molar-refractivity contribution in [3.63, 3.8) is 0 Å². The van der Waals surface area contributed by atoms with Gasteiger partial charge in [0.25, 0.3) is 0 Å². The maximum absolute atomic E-state index is 10.2. The second kappa shape index (κ2) is 7.33. The molecule has 128 valence electrons. The van der Waals surface area contributed by atoms with Crippen molar-refractivity contribution in [2.45, 2.75) is 36.9 Å². The molecule has 3 rings (SSSR count). The molecular weight excluding hydrogens is 312 g/mol. The van der Waals surface area contributed by atoms with Crippen LogP contribution in [0.1, 0.15) is 22.9 Å². The zero-order chi connectivity index (χ0) is 17.1. The molecule has 0 bridgehead atoms. The fraction of sp³-hybridized carbons (Fsp3) is 0.412. The van der Waals surface area contributed by atoms with Crippen molar-refractivity contribution < 1.29 is 25.2 Å². The lowest BCUT2D eigenvalue weighted by atomic mass is 9.90. The summed E-state index contributed by atoms with van der Waals surface area (Å²) in [6, 6.07) is 7.36. The van der Waals surface area contributed by atoms with Crippen LogP contribution in [0.2, 0.25) is 0 Å². The minimum absolute atomic E-state index is 0.444. The molecule has 4 N–H and O–H groups in total. The quantitative estimate of drug-likeness (QED) is 0.601. The summed E-state index contributed by atoms with van der Waals surface area (Å²) in [5, 5.41) is 39.3. The van der Waals surface area contributed by atoms with Crippen LogP contribution in [0.15, 0.2) is 42.9 Å². The first-order valence-corrected chi connectivity index (χ1v) is 7.74. The Hall–Kier alpha value is -1.90. The standard InChI is InChI=1S/C17H20N2O5/c20-9-13-14(21)15(22)16(23)17(24-13)11-3-1-2-10(6-11)7-12-8-18-4-5-19-12/h1-6,8,13-17,20-23H,7,9H2/t13?,14-,15+,16-,17+/m1/s1. The molecule has 1 aromatic heterocycles. The van der Waals surface area contributed by atoms with Crippen molar-refractivity contribution in [1.82, 2.24) is 9.97 Å². The van der Waals surface area contributed by atoms with E-state index in [4.69, 9.17) is 4.74 Å². The van der Waals surface area contributed by atoms with Crippen molar-refractivity contribution in [3.05, 3.63) is 59.7 Å². The second-order valence-corrected chi connectivity index (χ2v) is 5.87. The fourth-order valence-electron chi connectivity index (χ4n) is 2.89. The van der Waals surface area contributed by atoms with Gasteiger partial charge < -0.3 is 25.2 Å². The molecule has 2 heterocycles. The number of hydrogen-bond acceptors (Lipinski definition) is 7. The highest BCUT2D eigenvalue weighted by atomic mass is 16.5. The molecule has 1 unspecified atom stereocenters. The normalized spacial score (nSPS) is 30.2. The number of aromatic nitrogens is 2. The molecule has 1 fully saturated rings. The molecule has 7 nitrogen and oxygen atoms in total. The van der Waals surface area contributed by atoms with E-state index in [-0.39, 0.29) is 0 Å². The van der Waals surface area contributed by atoms with Gasteiger partial charge in [0, 0.05) is 25.0 Å². The van der Waals surface area contributed by atoms with Crippen LogP contribution in [0.3, 0.4) is 0 Å². The van der Waals surface area contributed by atoms with E-state index in [0.29, 0.717) is 12.0 Å². The monoisotopic (exact) mass is 332 g/mol. The molecule has 1 aliphatic rings. The number of nitrogens with zero attached hydrogens (tertiary/aromatic N) is 2. The minimum Gasteiger partial charge on any atom is -0.394 e. The summed E-state index contributed by atoms with van der Waals surface area (Å²) >= 11 is 0. The highest BCUT2D eigenvalue weighted by Crippen LogP contribution is 2.32. The molecule has 24 heavy (non-hydrogen) atoms. The van der Waals surface area contributed by atoms with Gasteiger partial charge in [-0.05, 0) is 11.1 Å². The van der Waals surface area contributed by atoms with Crippen LogP contribution in [0.25, 0.3) is 0 Å². The zero-order valence-electron chi connectivity index (χ0n) is 12.9. The third-order valence-corrected chi connectivity index (χ3v) is 4.17. The number of rotatable bonds is 4. The zero-order valence-corrected chi connectivity index (χ0v) is 12.9. The summed E-state index contributed by atoms with van der Waals surface area (Å²) in [4.78, 5) is 8.26. The Morgan fingerprint density at radius 2 is 1.88 bits per heavy atom. The van der Waals surface area contributed by atoms with Crippen LogP contribution in [0.4, 0.5) is 0 Å². The molecule has 0 saturated carbocycles. The summed E-state index contributed by atoms with van der Waals surface area (Å²) in [7, 11) is 0. The highest BCUT2D eigenvalue weighted by molar-refractivity contribution is 5.29. The summed E-state index contributed by atoms with van der Waals surface area (Å²) in [6.45, 7) is -0.444. The Morgan fingerprint density at radius 1 is 1.04 bits per heavy atom. The van der Waals surface area contributed by atoms with E-state index in [1.165, 1.54) is 0 Å². The second-order valence-electron chi connectivity index (χ2n) is 5.87. The molecule has 0 spiro atoms. The van der Waals surface area contributed by atoms with Gasteiger partial charge in [0.15, 0.2) is 0 Å². The van der Waals surface area contributed by atoms with Crippen molar-refractivity contribution in [3.8, 4) is 0 Å². The van der Waals surface area contributed by atoms with Crippen molar-refractivity contribution >= 4 is 0 Å². The SMILES string of the molecule is OCC1O[C@@H](c2cccc(Cc3cnccn3)c2)[C@H](O)[C@@H](O)[C@@H]1O. The maximum atomic E-state index is 10.2. The fourth-order valence-corrected chi connectivity index (χ4v) is 2.89. The molecule has 0 radical (unpaired) electrons. The first-order chi connectivity index (χ1) is 11.6. The van der Waals surface area contributed by atoms with Gasteiger partial charge in [0.05, 0.1) is 12.3 Å². The maximum Gasteiger partial charge on any atom is 0.113 e. The van der Waals surface area contributed by atoms with Crippen LogP contribution < -0.4 is 0 Å². The molecule has 7 heteroatoms. The van der Waals surface area contributed by atoms with E-state index in [1.807, 2.05) is 18.2 Å². The number of hydrogen-bond donors (Lipinski definition) is 4. The van der Waals surface area contributed by atoms with E-state index in [1.54, 1.807) is 24.7 Å². The minimum atomic E-state index is -1.38. The predicted octanol–water partition coefficient (Wildman–Crippen LogP) is -0.418. The van der Waals surface area contributed by atoms with Gasteiger partial charge in [-0.3, -0.25) is 9.97 Å². The Bertz CT molecular complexity index is 667. The number of aliphatic hydroxyl groups excluding tert-OH is 4. The van der Waals surface area contributed by atoms with E-state index in [2.05, 4.69) is 9.97 Å². The Morgan fingerprint density at radius 3 is 2.58 bits per heavy atom. The molecule has 2 aromatic rings. The van der Waals surface area contributed by atoms with Crippen LogP contribution >= 0.6 is 0 Å². The van der Waals surface area contributed by atoms with Crippen LogP contribution in [0, 0.1) is 0 Å². The van der Waals surface area contributed by atoms with Crippen LogP contribution in [-0.4, -0.2) is 61.4 Å². The summed E-state index contributed by atoms with van der Waals surface area (Å²) in [5.74, 6) is 0. The van der Waals surface area contributed by atoms with Gasteiger partial charge >= 0.3 is 0 Å². The first-order valence-electron chi connectivity index (χ1n) is 7.74. The third-order valence-electron chi connectivity index (χ3n) is 4.17. The Kier molecular flexibility index (Phi) is 5.17. The van der Waals surface area contributed by atoms with E-state index < -0.39 is 37.1 Å². The van der Waals surface area contributed by atoms with Gasteiger partial charge in [-0.2, -0.15) is 0 Å². The van der Waals surface area contributed by atoms with E-state index in [9.17, 15) is 20.4 Å². The van der Waals surface area contributed by atoms with Crippen LogP contribution in [-0.2, 0) is 11.2 Å². The molecular formula is C17H20N2O5. The number of benzene rings is 1. The van der Waals surface area contributed by atoms with E-state index in [0.717, 1.165) is 11.3 Å². The largest absolute Gasteiger partial charge is 0.394 e. The predicted molar refractivity (Wildman–Crippen MR) is 84.0 cm³/mol. The van der Waals surface area contributed by atoms with Gasteiger partial charge in [0.1, 0.15) is 30.5 Å². The molecule has 1 aliphatic heterocycles. The van der Waals surface area contributed by atoms with Crippen LogP contribution in [0.5, 0.6) is 0 Å². The summed E-state index contributed by atoms with van der Waals surface area (Å²) < 4.78 is 5.58. The van der Waals surface area contributed by atoms with Gasteiger partial charge in [-0.1, -0.05) is 24.3 Å². The smallest absolute Gasteiger partial charge is 0.113 e. The van der Waals surface area contributed by atoms with Crippen molar-refractivity contribution in [2.75, 3.05) is 6.61 Å². The Balaban J connectivity index is 1.82. The molecule has 1 saturated heterocycles. The van der Waals surface area contributed by atoms with Crippen molar-refractivity contribution in [2.24, 2.45) is 0 Å². The van der Waals surface area contributed by atoms with Gasteiger partial charge in [0.2, 0.25) is 0 Å². The lowest BCUT2D eigenvalue weighted by Gasteiger charge is -2.40. The highest BCUT2D eigenvalue weighted by Gasteiger charge is 2.43. The van der Waals surface area contributed by atoms with Gasteiger partial charge in [-0.15, -0.1) is 0 Å². The topological polar surface area (TPSA) is 116 Å². The third kappa shape index (κ3) is 3.45. The number of aliphatic hydroxyl groups is 4. The molecule has 0 aliphatic carbocycles. The first kappa shape index (κ1) is 16.9. The summed E-state index contributed by atoms with van der Waals surface area (Å²) in [5.41, 5.74) is 2.42. The molecule has 1 aromatic carbocycles. The Labute approximate surface area is 139 Å². The van der Waals surface area contributed by atoms with Gasteiger partial charge in [-0.25, -0.2) is 0 Å². The van der Waals surface area contributed by atoms with E-state index >= 15 is 0 Å². The van der Waals surface area contributed by atoms with Crippen molar-refractivity contribution in [1.29, 1.82) is 0 Å². The molecule has 5 atom stereocenters. The average molecular weight is 332 g/mol. The number of ether oxygens (including phenoxy) is 1. The lowest BCUT2D eigenvalue weighted by Crippen LogP contribution is -2.55. The molecule has 0 amide bonds. The average Bonchev–Trinajstić information content (AvgIpc) is 2.61. The lowest BCUT2D eigenvalue weighted by molar-refractivity contribution is -0.231. The summed E-state index contributed by atoms with van der Waals surface area (Å²) in [6.07, 6.45) is -0.299.